The highest BCUT2D eigenvalue weighted by Gasteiger charge is 2.53. The van der Waals surface area contributed by atoms with Crippen molar-refractivity contribution in [3.63, 3.8) is 0 Å². The van der Waals surface area contributed by atoms with Crippen molar-refractivity contribution in [3.05, 3.63) is 112 Å². The van der Waals surface area contributed by atoms with E-state index in [0.29, 0.717) is 11.5 Å². The number of carbonyl (C=O) groups is 1. The molecule has 59 heavy (non-hydrogen) atoms. The largest absolute Gasteiger partial charge is 0.497 e. The molecule has 0 bridgehead atoms. The van der Waals surface area contributed by atoms with Gasteiger partial charge in [0.1, 0.15) is 28.6 Å². The van der Waals surface area contributed by atoms with Crippen LogP contribution in [0.3, 0.4) is 0 Å². The summed E-state index contributed by atoms with van der Waals surface area (Å²) in [5.41, 5.74) is 0.996. The van der Waals surface area contributed by atoms with Gasteiger partial charge in [-0.15, -0.1) is 11.8 Å². The number of nitrogens with one attached hydrogen (secondary N) is 2. The second-order valence-corrected chi connectivity index (χ2v) is 22.8. The topological polar surface area (TPSA) is 211 Å². The van der Waals surface area contributed by atoms with Crippen molar-refractivity contribution < 1.29 is 37.4 Å². The first-order valence-corrected chi connectivity index (χ1v) is 24.1. The van der Waals surface area contributed by atoms with Crippen molar-refractivity contribution in [1.82, 2.24) is 25.7 Å². The van der Waals surface area contributed by atoms with Crippen LogP contribution in [0.15, 0.2) is 90.0 Å². The van der Waals surface area contributed by atoms with Crippen LogP contribution in [0, 0.1) is 5.92 Å². The molecule has 1 saturated heterocycles. The Balaban J connectivity index is 0.00000661. The predicted octanol–water partition coefficient (Wildman–Crippen LogP) is 7.67. The van der Waals surface area contributed by atoms with E-state index in [-0.39, 0.29) is 46.7 Å². The number of anilines is 1. The summed E-state index contributed by atoms with van der Waals surface area (Å²) in [6.07, 6.45) is -0.319. The van der Waals surface area contributed by atoms with Crippen LogP contribution in [-0.4, -0.2) is 76.9 Å². The maximum absolute atomic E-state index is 13.3. The average Bonchev–Trinajstić information content (AvgIpc) is 3.76. The zero-order valence-corrected chi connectivity index (χ0v) is 37.7. The number of rotatable bonds is 15. The van der Waals surface area contributed by atoms with Crippen molar-refractivity contribution in [1.29, 1.82) is 0 Å². The van der Waals surface area contributed by atoms with Crippen molar-refractivity contribution >= 4 is 51.4 Å². The van der Waals surface area contributed by atoms with Crippen molar-refractivity contribution in [2.45, 2.75) is 81.2 Å². The maximum Gasteiger partial charge on any atom is 0.317 e. The van der Waals surface area contributed by atoms with Crippen LogP contribution in [0.2, 0.25) is 18.1 Å². The van der Waals surface area contributed by atoms with Gasteiger partial charge in [0.05, 0.1) is 38.5 Å². The van der Waals surface area contributed by atoms with Gasteiger partial charge in [-0.1, -0.05) is 89.2 Å². The quantitative estimate of drug-likeness (QED) is 0.0453. The van der Waals surface area contributed by atoms with E-state index in [0.717, 1.165) is 16.7 Å². The van der Waals surface area contributed by atoms with E-state index >= 15 is 0 Å². The molecule has 318 valence electrons. The molecular weight excluding hydrogens is 812 g/mol. The monoisotopic (exact) mass is 866 g/mol. The molecule has 1 aliphatic heterocycles. The fourth-order valence-electron chi connectivity index (χ4n) is 6.68. The molecule has 0 saturated carbocycles. The minimum atomic E-state index is -3.53. The summed E-state index contributed by atoms with van der Waals surface area (Å²) in [5, 5.41) is 1.17. The first kappa shape index (κ1) is 45.8. The van der Waals surface area contributed by atoms with Crippen LogP contribution < -0.4 is 26.5 Å². The summed E-state index contributed by atoms with van der Waals surface area (Å²) in [5.74, 6) is 0.616. The summed E-state index contributed by atoms with van der Waals surface area (Å²) in [7, 11) is -2.90. The number of ether oxygens (including phenoxy) is 3. The molecule has 0 radical (unpaired) electrons. The summed E-state index contributed by atoms with van der Waals surface area (Å²) < 4.78 is 45.9. The Bertz CT molecular complexity index is 2240. The number of H-pyrrole nitrogens is 1. The smallest absolute Gasteiger partial charge is 0.317 e. The Morgan fingerprint density at radius 3 is 2.02 bits per heavy atom. The molecule has 1 fully saturated rings. The fraction of sp³-hybridized carbons (Fsp3) is 0.415. The zero-order chi connectivity index (χ0) is 42.0. The number of benzene rings is 3. The minimum Gasteiger partial charge on any atom is -0.497 e. The highest BCUT2D eigenvalue weighted by molar-refractivity contribution is 8.00. The molecule has 6 N–H and O–H groups in total. The van der Waals surface area contributed by atoms with E-state index in [1.165, 1.54) is 18.1 Å². The fourth-order valence-corrected chi connectivity index (χ4v) is 10.2. The molecule has 1 unspecified atom stereocenters. The van der Waals surface area contributed by atoms with Gasteiger partial charge >= 0.3 is 8.25 Å². The summed E-state index contributed by atoms with van der Waals surface area (Å²) in [4.78, 5) is 47.9. The molecular formula is C41H55N6O9PSSi. The molecule has 0 spiro atoms. The number of amides is 1. The lowest BCUT2D eigenvalue weighted by Crippen LogP contribution is -2.50. The number of thioether (sulfide) groups is 1. The van der Waals surface area contributed by atoms with Crippen LogP contribution in [0.25, 0.3) is 11.2 Å². The highest BCUT2D eigenvalue weighted by atomic mass is 32.2. The molecule has 18 heteroatoms. The van der Waals surface area contributed by atoms with Crippen molar-refractivity contribution in [2.75, 3.05) is 26.1 Å². The number of hydrogen-bond acceptors (Lipinski definition) is 12. The molecule has 0 aliphatic carbocycles. The maximum atomic E-state index is 13.3. The Labute approximate surface area is 350 Å². The van der Waals surface area contributed by atoms with Crippen LogP contribution in [0.5, 0.6) is 11.5 Å². The van der Waals surface area contributed by atoms with Gasteiger partial charge in [0.25, 0.3) is 5.56 Å². The Hall–Kier alpha value is -4.32. The second-order valence-electron chi connectivity index (χ2n) is 16.0. The molecule has 15 nitrogen and oxygen atoms in total. The summed E-state index contributed by atoms with van der Waals surface area (Å²) in [6.45, 7) is 14.1. The Morgan fingerprint density at radius 2 is 1.51 bits per heavy atom. The van der Waals surface area contributed by atoms with Gasteiger partial charge in [-0.2, -0.15) is 4.98 Å². The molecule has 3 aromatic carbocycles. The van der Waals surface area contributed by atoms with Gasteiger partial charge < -0.3 is 34.2 Å². The zero-order valence-electron chi connectivity index (χ0n) is 34.8. The number of methoxy groups -OCH3 is 2. The number of aromatic nitrogens is 4. The summed E-state index contributed by atoms with van der Waals surface area (Å²) in [6, 6.07) is 25.4. The van der Waals surface area contributed by atoms with Gasteiger partial charge in [0, 0.05) is 5.92 Å². The molecule has 1 amide bonds. The molecule has 5 aromatic rings. The third-order valence-electron chi connectivity index (χ3n) is 10.9. The predicted molar refractivity (Wildman–Crippen MR) is 233 cm³/mol. The van der Waals surface area contributed by atoms with E-state index < -0.39 is 50.6 Å². The third kappa shape index (κ3) is 9.52. The molecule has 5 atom stereocenters. The minimum absolute atomic E-state index is 0. The number of nitrogens with zero attached hydrogens (tertiary/aromatic N) is 3. The standard InChI is InChI=1S/C41H52N5O9PSSi.H3N/c1-25(2)36(47)44-39-43-35-32(37(48)45-39)42-24-46(35)38-34(54-56(49)50)33(55-58(8,9)40(3,4)5)31(57-38)23-53-41(26-13-11-10-12-14-26,27-15-19-29(51-6)20-16-27)28-17-21-30(52-7)22-18-28;/h10-22,24-25,31,33-34,38,56H,23H2,1-9H3,(H,49,50)(H2,43,44,45,47,48);1H3/t31-,33+,34+,38+;/m0./s1. The Morgan fingerprint density at radius 1 is 0.949 bits per heavy atom. The van der Waals surface area contributed by atoms with Gasteiger partial charge in [-0.25, -0.2) is 4.98 Å². The molecule has 1 aliphatic rings. The van der Waals surface area contributed by atoms with Gasteiger partial charge in [0.15, 0.2) is 19.5 Å². The Kier molecular flexibility index (Phi) is 14.4. The number of aromatic amines is 1. The van der Waals surface area contributed by atoms with E-state index in [9.17, 15) is 19.0 Å². The summed E-state index contributed by atoms with van der Waals surface area (Å²) >= 11 is 1.42. The molecule has 3 heterocycles. The highest BCUT2D eigenvalue weighted by Crippen LogP contribution is 2.52. The number of fused-ring (bicyclic) bond motifs is 1. The SMILES string of the molecule is COc1ccc(C(OC[C@@H]2S[C@@H](n3cnc4c(=O)[nH]c(NC(=O)C(C)C)nc43)[C@H](O[PH](=O)O)[C@@H]2O[Si](C)(C)C(C)(C)C)(c2ccccc2)c2ccc(OC)cc2)cc1.N. The lowest BCUT2D eigenvalue weighted by molar-refractivity contribution is -0.118. The normalized spacial score (nSPS) is 19.0. The van der Waals surface area contributed by atoms with Crippen LogP contribution >= 0.6 is 20.0 Å². The van der Waals surface area contributed by atoms with E-state index in [1.807, 2.05) is 78.9 Å². The average molecular weight is 867 g/mol. The van der Waals surface area contributed by atoms with Crippen LogP contribution in [-0.2, 0) is 28.6 Å². The van der Waals surface area contributed by atoms with Crippen LogP contribution in [0.1, 0.15) is 56.7 Å². The third-order valence-corrected chi connectivity index (χ3v) is 17.3. The first-order chi connectivity index (χ1) is 27.5. The van der Waals surface area contributed by atoms with Gasteiger partial charge in [-0.05, 0) is 59.1 Å². The number of imidazole rings is 1. The van der Waals surface area contributed by atoms with E-state index in [2.05, 4.69) is 54.1 Å². The number of hydrogen-bond donors (Lipinski definition) is 4. The van der Waals surface area contributed by atoms with Gasteiger partial charge in [0.2, 0.25) is 11.9 Å². The molecule has 6 rings (SSSR count). The number of carbonyl (C=O) groups excluding carboxylic acids is 1. The van der Waals surface area contributed by atoms with Crippen LogP contribution in [0.4, 0.5) is 5.95 Å². The van der Waals surface area contributed by atoms with Crippen molar-refractivity contribution in [2.24, 2.45) is 5.92 Å². The van der Waals surface area contributed by atoms with E-state index in [4.69, 9.17) is 23.2 Å². The lowest BCUT2D eigenvalue weighted by Gasteiger charge is -2.42. The van der Waals surface area contributed by atoms with Crippen molar-refractivity contribution in [3.8, 4) is 11.5 Å². The lowest BCUT2D eigenvalue weighted by atomic mass is 9.80. The molecule has 2 aromatic heterocycles. The first-order valence-electron chi connectivity index (χ1n) is 19.0. The van der Waals surface area contributed by atoms with E-state index in [1.54, 1.807) is 32.6 Å². The second kappa shape index (κ2) is 18.5. The van der Waals surface area contributed by atoms with Gasteiger partial charge in [-0.3, -0.25) is 29.0 Å².